The van der Waals surface area contributed by atoms with Gasteiger partial charge in [0, 0.05) is 6.07 Å². The van der Waals surface area contributed by atoms with Gasteiger partial charge in [-0.25, -0.2) is 10.2 Å². The quantitative estimate of drug-likeness (QED) is 0.270. The van der Waals surface area contributed by atoms with Gasteiger partial charge in [0.05, 0.1) is 9.83 Å². The molecule has 0 atom stereocenters. The Morgan fingerprint density at radius 2 is 2.04 bits per heavy atom. The second kappa shape index (κ2) is 7.64. The first kappa shape index (κ1) is 18.2. The molecule has 1 aliphatic rings. The van der Waals surface area contributed by atoms with E-state index in [9.17, 15) is 19.7 Å². The van der Waals surface area contributed by atoms with Gasteiger partial charge in [-0.2, -0.15) is 5.01 Å². The Balaban J connectivity index is 2.00. The lowest BCUT2D eigenvalue weighted by atomic mass is 10.3. The molecule has 0 radical (unpaired) electrons. The van der Waals surface area contributed by atoms with Gasteiger partial charge < -0.3 is 0 Å². The summed E-state index contributed by atoms with van der Waals surface area (Å²) in [5.41, 5.74) is 3.00. The number of urea groups is 1. The van der Waals surface area contributed by atoms with Gasteiger partial charge in [-0.3, -0.25) is 19.6 Å². The van der Waals surface area contributed by atoms with Gasteiger partial charge in [0.1, 0.15) is 4.90 Å². The number of hydrogen-bond donors (Lipinski definition) is 2. The number of nitro benzene ring substituents is 1. The monoisotopic (exact) mass is 384 g/mol. The van der Waals surface area contributed by atoms with E-state index in [0.717, 1.165) is 34.3 Å². The average molecular weight is 384 g/mol. The third-order valence-electron chi connectivity index (χ3n) is 2.75. The van der Waals surface area contributed by atoms with Crippen LogP contribution in [0.1, 0.15) is 13.8 Å². The van der Waals surface area contributed by atoms with Gasteiger partial charge in [-0.05, 0) is 44.1 Å². The fourth-order valence-corrected chi connectivity index (χ4v) is 3.49. The van der Waals surface area contributed by atoms with Crippen LogP contribution in [0.3, 0.4) is 0 Å². The van der Waals surface area contributed by atoms with Crippen LogP contribution in [-0.2, 0) is 4.79 Å². The van der Waals surface area contributed by atoms with E-state index < -0.39 is 16.9 Å². The standard InChI is InChI=1S/C13H12N4O4S3/c1-7(2)10-11(18)16(13(22)23-10)14-12(19)15-24-9-6-4-3-5-8(9)17(20)21/h3-6H,1-2H3,(H2,14,15,19). The second-order valence-corrected chi connectivity index (χ2v) is 7.20. The first-order chi connectivity index (χ1) is 11.3. The number of carbonyl (C=O) groups excluding carboxylic acids is 2. The topological polar surface area (TPSA) is 105 Å². The number of para-hydroxylation sites is 1. The smallest absolute Gasteiger partial charge is 0.276 e. The Morgan fingerprint density at radius 1 is 1.38 bits per heavy atom. The van der Waals surface area contributed by atoms with Crippen LogP contribution in [0.2, 0.25) is 0 Å². The summed E-state index contributed by atoms with van der Waals surface area (Å²) in [7, 11) is 0. The Labute approximate surface area is 151 Å². The molecule has 0 aliphatic carbocycles. The largest absolute Gasteiger partial charge is 0.344 e. The predicted octanol–water partition coefficient (Wildman–Crippen LogP) is 2.97. The molecule has 0 unspecified atom stereocenters. The van der Waals surface area contributed by atoms with Crippen molar-refractivity contribution in [1.29, 1.82) is 0 Å². The average Bonchev–Trinajstić information content (AvgIpc) is 2.81. The Morgan fingerprint density at radius 3 is 2.62 bits per heavy atom. The van der Waals surface area contributed by atoms with E-state index >= 15 is 0 Å². The molecule has 1 aliphatic heterocycles. The summed E-state index contributed by atoms with van der Waals surface area (Å²) < 4.78 is 2.60. The summed E-state index contributed by atoms with van der Waals surface area (Å²) in [5.74, 6) is -0.407. The van der Waals surface area contributed by atoms with Crippen LogP contribution >= 0.6 is 35.9 Å². The number of nitrogens with zero attached hydrogens (tertiary/aromatic N) is 2. The normalized spacial score (nSPS) is 13.9. The zero-order valence-electron chi connectivity index (χ0n) is 12.6. The summed E-state index contributed by atoms with van der Waals surface area (Å²) in [6.45, 7) is 3.55. The highest BCUT2D eigenvalue weighted by Gasteiger charge is 2.34. The van der Waals surface area contributed by atoms with Crippen LogP contribution in [0.25, 0.3) is 0 Å². The highest BCUT2D eigenvalue weighted by molar-refractivity contribution is 8.26. The van der Waals surface area contributed by atoms with Crippen molar-refractivity contribution in [2.24, 2.45) is 0 Å². The molecule has 3 amide bonds. The van der Waals surface area contributed by atoms with Crippen molar-refractivity contribution in [1.82, 2.24) is 15.2 Å². The lowest BCUT2D eigenvalue weighted by molar-refractivity contribution is -0.387. The van der Waals surface area contributed by atoms with Crippen molar-refractivity contribution < 1.29 is 14.5 Å². The number of hydrogen-bond acceptors (Lipinski definition) is 7. The highest BCUT2D eigenvalue weighted by atomic mass is 32.2. The summed E-state index contributed by atoms with van der Waals surface area (Å²) in [6.07, 6.45) is 0. The van der Waals surface area contributed by atoms with Crippen LogP contribution < -0.4 is 10.1 Å². The minimum atomic E-state index is -0.718. The molecule has 0 aromatic heterocycles. The van der Waals surface area contributed by atoms with Crippen molar-refractivity contribution in [2.75, 3.05) is 0 Å². The molecule has 8 nitrogen and oxygen atoms in total. The zero-order chi connectivity index (χ0) is 17.9. The lowest BCUT2D eigenvalue weighted by Gasteiger charge is -2.15. The molecule has 2 N–H and O–H groups in total. The van der Waals surface area contributed by atoms with Crippen LogP contribution in [-0.4, -0.2) is 26.2 Å². The van der Waals surface area contributed by atoms with E-state index in [2.05, 4.69) is 10.1 Å². The van der Waals surface area contributed by atoms with E-state index in [0.29, 0.717) is 4.91 Å². The van der Waals surface area contributed by atoms with Gasteiger partial charge in [0.2, 0.25) is 0 Å². The zero-order valence-corrected chi connectivity index (χ0v) is 15.0. The molecule has 0 saturated carbocycles. The number of benzene rings is 1. The van der Waals surface area contributed by atoms with Crippen LogP contribution in [0.5, 0.6) is 0 Å². The minimum absolute atomic E-state index is 0.127. The molecule has 1 heterocycles. The molecule has 1 aromatic rings. The number of rotatable bonds is 4. The lowest BCUT2D eigenvalue weighted by Crippen LogP contribution is -2.47. The maximum Gasteiger partial charge on any atom is 0.344 e. The van der Waals surface area contributed by atoms with Crippen molar-refractivity contribution in [2.45, 2.75) is 18.7 Å². The van der Waals surface area contributed by atoms with Crippen molar-refractivity contribution in [3.63, 3.8) is 0 Å². The molecule has 2 rings (SSSR count). The number of carbonyl (C=O) groups is 2. The fourth-order valence-electron chi connectivity index (χ4n) is 1.69. The van der Waals surface area contributed by atoms with E-state index in [1.807, 2.05) is 0 Å². The van der Waals surface area contributed by atoms with Crippen molar-refractivity contribution in [3.05, 3.63) is 44.9 Å². The van der Waals surface area contributed by atoms with E-state index in [4.69, 9.17) is 12.2 Å². The maximum atomic E-state index is 12.1. The van der Waals surface area contributed by atoms with Gasteiger partial charge in [-0.15, -0.1) is 0 Å². The molecule has 0 spiro atoms. The summed E-state index contributed by atoms with van der Waals surface area (Å²) in [4.78, 5) is 35.2. The van der Waals surface area contributed by atoms with Crippen LogP contribution in [0, 0.1) is 10.1 Å². The number of hydrazine groups is 1. The molecular formula is C13H12N4O4S3. The van der Waals surface area contributed by atoms with Gasteiger partial charge in [-0.1, -0.05) is 29.5 Å². The summed E-state index contributed by atoms with van der Waals surface area (Å²) in [5, 5.41) is 11.9. The molecule has 1 fully saturated rings. The first-order valence-corrected chi connectivity index (χ1v) is 8.56. The third kappa shape index (κ3) is 4.04. The number of thiocarbonyl (C=S) groups is 1. The fraction of sp³-hybridized carbons (Fsp3) is 0.154. The number of nitrogens with one attached hydrogen (secondary N) is 2. The summed E-state index contributed by atoms with van der Waals surface area (Å²) >= 11 is 6.93. The molecule has 11 heteroatoms. The summed E-state index contributed by atoms with van der Waals surface area (Å²) in [6, 6.07) is 5.27. The second-order valence-electron chi connectivity index (χ2n) is 4.71. The molecule has 1 saturated heterocycles. The van der Waals surface area contributed by atoms with Gasteiger partial charge >= 0.3 is 6.03 Å². The Hall–Kier alpha value is -2.11. The van der Waals surface area contributed by atoms with Crippen molar-refractivity contribution >= 4 is 57.9 Å². The SMILES string of the molecule is CC(C)=C1SC(=S)N(NC(=O)NSc2ccccc2[N+](=O)[O-])C1=O. The van der Waals surface area contributed by atoms with Crippen LogP contribution in [0.15, 0.2) is 39.6 Å². The number of nitro groups is 1. The molecule has 24 heavy (non-hydrogen) atoms. The van der Waals surface area contributed by atoms with Gasteiger partial charge in [0.25, 0.3) is 11.6 Å². The maximum absolute atomic E-state index is 12.1. The molecule has 0 bridgehead atoms. The highest BCUT2D eigenvalue weighted by Crippen LogP contribution is 2.32. The Bertz CT molecular complexity index is 761. The number of amides is 3. The Kier molecular flexibility index (Phi) is 5.80. The molecule has 1 aromatic carbocycles. The number of thioether (sulfide) groups is 1. The van der Waals surface area contributed by atoms with Crippen molar-refractivity contribution in [3.8, 4) is 0 Å². The molecular weight excluding hydrogens is 372 g/mol. The first-order valence-electron chi connectivity index (χ1n) is 6.52. The van der Waals surface area contributed by atoms with Crippen LogP contribution in [0.4, 0.5) is 10.5 Å². The van der Waals surface area contributed by atoms with Gasteiger partial charge in [0.15, 0.2) is 4.32 Å². The van der Waals surface area contributed by atoms with E-state index in [1.54, 1.807) is 19.9 Å². The third-order valence-corrected chi connectivity index (χ3v) is 5.18. The predicted molar refractivity (Wildman–Crippen MR) is 96.0 cm³/mol. The minimum Gasteiger partial charge on any atom is -0.276 e. The number of allylic oxidation sites excluding steroid dienone is 1. The van der Waals surface area contributed by atoms with E-state index in [-0.39, 0.29) is 14.9 Å². The molecule has 126 valence electrons. The van der Waals surface area contributed by atoms with E-state index in [1.165, 1.54) is 18.2 Å².